The lowest BCUT2D eigenvalue weighted by atomic mass is 9.85. The van der Waals surface area contributed by atoms with E-state index in [1.165, 1.54) is 14.0 Å². The van der Waals surface area contributed by atoms with Gasteiger partial charge in [0.15, 0.2) is 0 Å². The second-order valence-electron chi connectivity index (χ2n) is 6.35. The third-order valence-electron chi connectivity index (χ3n) is 3.54. The van der Waals surface area contributed by atoms with Crippen molar-refractivity contribution in [1.29, 1.82) is 0 Å². The van der Waals surface area contributed by atoms with E-state index in [-0.39, 0.29) is 17.7 Å². The molecule has 5 heteroatoms. The summed E-state index contributed by atoms with van der Waals surface area (Å²) in [6.45, 7) is 7.70. The average Bonchev–Trinajstić information content (AvgIpc) is 2.73. The highest BCUT2D eigenvalue weighted by Crippen LogP contribution is 2.37. The maximum Gasteiger partial charge on any atom is 0.372 e. The summed E-state index contributed by atoms with van der Waals surface area (Å²) in [5.74, 6) is -0.349. The SMILES string of the molecule is COC(=O)C1(NC(C)=O)Cc2cc(C(C)(C)C)ccc2O1. The van der Waals surface area contributed by atoms with Gasteiger partial charge in [-0.05, 0) is 17.0 Å². The van der Waals surface area contributed by atoms with E-state index in [1.807, 2.05) is 18.2 Å². The Kier molecular flexibility index (Phi) is 3.70. The minimum atomic E-state index is -1.46. The van der Waals surface area contributed by atoms with Crippen molar-refractivity contribution in [3.8, 4) is 5.75 Å². The standard InChI is InChI=1S/C16H21NO4/c1-10(18)17-16(14(19)20-5)9-11-8-12(15(2,3)4)6-7-13(11)21-16/h6-8H,9H2,1-5H3,(H,17,18). The van der Waals surface area contributed by atoms with E-state index >= 15 is 0 Å². The Hall–Kier alpha value is -2.04. The number of fused-ring (bicyclic) bond motifs is 1. The van der Waals surface area contributed by atoms with Crippen LogP contribution in [0.4, 0.5) is 0 Å². The third-order valence-corrected chi connectivity index (χ3v) is 3.54. The van der Waals surface area contributed by atoms with Gasteiger partial charge in [-0.25, -0.2) is 4.79 Å². The van der Waals surface area contributed by atoms with Crippen molar-refractivity contribution in [2.45, 2.75) is 45.3 Å². The molecule has 1 heterocycles. The normalized spacial score (nSPS) is 20.4. The quantitative estimate of drug-likeness (QED) is 0.846. The Bertz CT molecular complexity index is 588. The number of nitrogens with one attached hydrogen (secondary N) is 1. The van der Waals surface area contributed by atoms with Gasteiger partial charge < -0.3 is 14.8 Å². The van der Waals surface area contributed by atoms with Crippen LogP contribution < -0.4 is 10.1 Å². The summed E-state index contributed by atoms with van der Waals surface area (Å²) in [6.07, 6.45) is 0.262. The Morgan fingerprint density at radius 3 is 2.52 bits per heavy atom. The topological polar surface area (TPSA) is 64.6 Å². The molecule has 1 aromatic rings. The molecule has 114 valence electrons. The summed E-state index contributed by atoms with van der Waals surface area (Å²) in [6, 6.07) is 5.82. The number of hydrogen-bond acceptors (Lipinski definition) is 4. The highest BCUT2D eigenvalue weighted by molar-refractivity contribution is 5.87. The van der Waals surface area contributed by atoms with Crippen LogP contribution in [0.2, 0.25) is 0 Å². The molecule has 21 heavy (non-hydrogen) atoms. The molecule has 0 aromatic heterocycles. The Morgan fingerprint density at radius 1 is 1.33 bits per heavy atom. The maximum atomic E-state index is 12.1. The second-order valence-corrected chi connectivity index (χ2v) is 6.35. The second kappa shape index (κ2) is 5.06. The fourth-order valence-corrected chi connectivity index (χ4v) is 2.46. The molecule has 0 aliphatic carbocycles. The molecule has 1 aliphatic rings. The Labute approximate surface area is 124 Å². The largest absolute Gasteiger partial charge is 0.465 e. The number of benzene rings is 1. The molecule has 0 saturated carbocycles. The molecule has 1 unspecified atom stereocenters. The molecule has 1 atom stereocenters. The molecule has 1 amide bonds. The van der Waals surface area contributed by atoms with Gasteiger partial charge in [0, 0.05) is 18.9 Å². The fraction of sp³-hybridized carbons (Fsp3) is 0.500. The highest BCUT2D eigenvalue weighted by Gasteiger charge is 2.48. The van der Waals surface area contributed by atoms with Gasteiger partial charge in [0.25, 0.3) is 5.72 Å². The van der Waals surface area contributed by atoms with E-state index < -0.39 is 11.7 Å². The van der Waals surface area contributed by atoms with Gasteiger partial charge in [-0.1, -0.05) is 32.9 Å². The van der Waals surface area contributed by atoms with Gasteiger partial charge in [0.05, 0.1) is 7.11 Å². The number of rotatable bonds is 2. The molecular formula is C16H21NO4. The molecule has 0 saturated heterocycles. The Balaban J connectivity index is 2.39. The van der Waals surface area contributed by atoms with Gasteiger partial charge in [0.1, 0.15) is 5.75 Å². The lowest BCUT2D eigenvalue weighted by Crippen LogP contribution is -2.58. The van der Waals surface area contributed by atoms with E-state index in [0.717, 1.165) is 11.1 Å². The first-order chi connectivity index (χ1) is 9.68. The number of carbonyl (C=O) groups is 2. The van der Waals surface area contributed by atoms with Crippen LogP contribution in [0.3, 0.4) is 0 Å². The number of amides is 1. The van der Waals surface area contributed by atoms with Crippen molar-refractivity contribution in [1.82, 2.24) is 5.32 Å². The van der Waals surface area contributed by atoms with Crippen LogP contribution >= 0.6 is 0 Å². The predicted molar refractivity (Wildman–Crippen MR) is 78.0 cm³/mol. The van der Waals surface area contributed by atoms with Crippen LogP contribution in [0.5, 0.6) is 5.75 Å². The molecule has 0 spiro atoms. The van der Waals surface area contributed by atoms with Crippen LogP contribution in [-0.2, 0) is 26.2 Å². The summed E-state index contributed by atoms with van der Waals surface area (Å²) in [7, 11) is 1.28. The van der Waals surface area contributed by atoms with Crippen LogP contribution in [0.1, 0.15) is 38.8 Å². The summed E-state index contributed by atoms with van der Waals surface area (Å²) < 4.78 is 10.5. The molecule has 5 nitrogen and oxygen atoms in total. The van der Waals surface area contributed by atoms with Crippen molar-refractivity contribution < 1.29 is 19.1 Å². The molecule has 2 rings (SSSR count). The number of ether oxygens (including phenoxy) is 2. The van der Waals surface area contributed by atoms with E-state index in [2.05, 4.69) is 26.1 Å². The molecule has 1 N–H and O–H groups in total. The molecule has 0 fully saturated rings. The maximum absolute atomic E-state index is 12.1. The fourth-order valence-electron chi connectivity index (χ4n) is 2.46. The molecule has 0 radical (unpaired) electrons. The molecule has 0 bridgehead atoms. The Morgan fingerprint density at radius 2 is 2.00 bits per heavy atom. The van der Waals surface area contributed by atoms with Crippen molar-refractivity contribution in [2.75, 3.05) is 7.11 Å². The smallest absolute Gasteiger partial charge is 0.372 e. The number of methoxy groups -OCH3 is 1. The highest BCUT2D eigenvalue weighted by atomic mass is 16.6. The zero-order chi connectivity index (χ0) is 15.8. The van der Waals surface area contributed by atoms with Crippen molar-refractivity contribution >= 4 is 11.9 Å². The van der Waals surface area contributed by atoms with Crippen LogP contribution in [-0.4, -0.2) is 24.7 Å². The lowest BCUT2D eigenvalue weighted by Gasteiger charge is -2.26. The van der Waals surface area contributed by atoms with Gasteiger partial charge in [-0.2, -0.15) is 0 Å². The summed E-state index contributed by atoms with van der Waals surface area (Å²) in [5, 5.41) is 2.58. The summed E-state index contributed by atoms with van der Waals surface area (Å²) in [5.41, 5.74) is 0.578. The first-order valence-corrected chi connectivity index (χ1v) is 6.87. The molecular weight excluding hydrogens is 270 g/mol. The number of hydrogen-bond donors (Lipinski definition) is 1. The van der Waals surface area contributed by atoms with Gasteiger partial charge in [-0.15, -0.1) is 0 Å². The van der Waals surface area contributed by atoms with E-state index in [4.69, 9.17) is 9.47 Å². The number of esters is 1. The van der Waals surface area contributed by atoms with Crippen LogP contribution in [0, 0.1) is 0 Å². The van der Waals surface area contributed by atoms with Gasteiger partial charge >= 0.3 is 5.97 Å². The van der Waals surface area contributed by atoms with E-state index in [9.17, 15) is 9.59 Å². The minimum absolute atomic E-state index is 0.000447. The minimum Gasteiger partial charge on any atom is -0.465 e. The average molecular weight is 291 g/mol. The van der Waals surface area contributed by atoms with Gasteiger partial charge in [-0.3, -0.25) is 4.79 Å². The molecule has 1 aliphatic heterocycles. The summed E-state index contributed by atoms with van der Waals surface area (Å²) >= 11 is 0. The number of carbonyl (C=O) groups excluding carboxylic acids is 2. The zero-order valence-electron chi connectivity index (χ0n) is 13.1. The van der Waals surface area contributed by atoms with Crippen molar-refractivity contribution in [3.63, 3.8) is 0 Å². The van der Waals surface area contributed by atoms with Crippen LogP contribution in [0.25, 0.3) is 0 Å². The van der Waals surface area contributed by atoms with Gasteiger partial charge in [0.2, 0.25) is 5.91 Å². The van der Waals surface area contributed by atoms with Crippen LogP contribution in [0.15, 0.2) is 18.2 Å². The first kappa shape index (κ1) is 15.4. The first-order valence-electron chi connectivity index (χ1n) is 6.87. The summed E-state index contributed by atoms with van der Waals surface area (Å²) in [4.78, 5) is 23.5. The third kappa shape index (κ3) is 2.86. The zero-order valence-corrected chi connectivity index (χ0v) is 13.1. The van der Waals surface area contributed by atoms with E-state index in [1.54, 1.807) is 0 Å². The monoisotopic (exact) mass is 291 g/mol. The van der Waals surface area contributed by atoms with Crippen molar-refractivity contribution in [2.24, 2.45) is 0 Å². The molecule has 1 aromatic carbocycles. The van der Waals surface area contributed by atoms with E-state index in [0.29, 0.717) is 5.75 Å². The predicted octanol–water partition coefficient (Wildman–Crippen LogP) is 1.92. The lowest BCUT2D eigenvalue weighted by molar-refractivity contribution is -0.163. The van der Waals surface area contributed by atoms with Crippen molar-refractivity contribution in [3.05, 3.63) is 29.3 Å².